The van der Waals surface area contributed by atoms with Gasteiger partial charge in [0.15, 0.2) is 0 Å². The van der Waals surface area contributed by atoms with Crippen LogP contribution in [-0.4, -0.2) is 72.4 Å². The van der Waals surface area contributed by atoms with Crippen molar-refractivity contribution in [2.75, 3.05) is 39.8 Å². The van der Waals surface area contributed by atoms with Crippen LogP contribution in [0.4, 0.5) is 0 Å². The maximum absolute atomic E-state index is 12.6. The lowest BCUT2D eigenvalue weighted by Gasteiger charge is -2.47. The lowest BCUT2D eigenvalue weighted by molar-refractivity contribution is -0.141. The molecule has 2 atom stereocenters. The smallest absolute Gasteiger partial charge is 0.222 e. The lowest BCUT2D eigenvalue weighted by atomic mass is 9.83. The second-order valence-corrected chi connectivity index (χ2v) is 8.63. The third-order valence-electron chi connectivity index (χ3n) is 6.81. The minimum atomic E-state index is 0.275. The molecule has 3 saturated heterocycles. The van der Waals surface area contributed by atoms with Crippen LogP contribution in [0.2, 0.25) is 0 Å². The van der Waals surface area contributed by atoms with Gasteiger partial charge in [0.2, 0.25) is 11.8 Å². The van der Waals surface area contributed by atoms with E-state index in [2.05, 4.69) is 21.9 Å². The molecule has 158 valence electrons. The van der Waals surface area contributed by atoms with E-state index in [1.54, 1.807) is 7.11 Å². The molecule has 0 bridgehead atoms. The van der Waals surface area contributed by atoms with Crippen molar-refractivity contribution in [1.82, 2.24) is 14.7 Å². The van der Waals surface area contributed by atoms with E-state index in [0.29, 0.717) is 30.7 Å². The molecular formula is C23H33N3O3. The summed E-state index contributed by atoms with van der Waals surface area (Å²) in [6, 6.07) is 8.60. The predicted octanol–water partition coefficient (Wildman–Crippen LogP) is 2.52. The van der Waals surface area contributed by atoms with Crippen molar-refractivity contribution in [3.63, 3.8) is 0 Å². The molecule has 0 spiro atoms. The number of para-hydroxylation sites is 1. The summed E-state index contributed by atoms with van der Waals surface area (Å²) in [5.41, 5.74) is 1.23. The second-order valence-electron chi connectivity index (χ2n) is 8.63. The number of amides is 2. The fraction of sp³-hybridized carbons (Fsp3) is 0.652. The number of nitrogens with zero attached hydrogens (tertiary/aromatic N) is 3. The zero-order valence-electron chi connectivity index (χ0n) is 17.5. The summed E-state index contributed by atoms with van der Waals surface area (Å²) in [6.07, 6.45) is 5.25. The van der Waals surface area contributed by atoms with Gasteiger partial charge in [-0.2, -0.15) is 0 Å². The van der Waals surface area contributed by atoms with Crippen LogP contribution in [0.1, 0.15) is 44.1 Å². The van der Waals surface area contributed by atoms with Crippen LogP contribution < -0.4 is 4.74 Å². The number of rotatable bonds is 7. The highest BCUT2D eigenvalue weighted by Crippen LogP contribution is 2.32. The number of piperidine rings is 2. The summed E-state index contributed by atoms with van der Waals surface area (Å²) in [7, 11) is 1.73. The van der Waals surface area contributed by atoms with Gasteiger partial charge in [0.1, 0.15) is 5.75 Å². The number of fused-ring (bicyclic) bond motifs is 1. The Labute approximate surface area is 173 Å². The fourth-order valence-corrected chi connectivity index (χ4v) is 5.31. The Morgan fingerprint density at radius 1 is 1.03 bits per heavy atom. The minimum absolute atomic E-state index is 0.275. The molecule has 0 N–H and O–H groups in total. The normalized spacial score (nSPS) is 25.4. The highest BCUT2D eigenvalue weighted by atomic mass is 16.5. The molecule has 0 saturated carbocycles. The zero-order chi connectivity index (χ0) is 20.2. The van der Waals surface area contributed by atoms with Crippen molar-refractivity contribution in [2.45, 2.75) is 51.1 Å². The van der Waals surface area contributed by atoms with Crippen molar-refractivity contribution >= 4 is 11.8 Å². The number of ether oxygens (including phenoxy) is 1. The summed E-state index contributed by atoms with van der Waals surface area (Å²) in [4.78, 5) is 31.0. The fourth-order valence-electron chi connectivity index (χ4n) is 5.31. The summed E-state index contributed by atoms with van der Waals surface area (Å²) < 4.78 is 5.51. The molecule has 4 rings (SSSR count). The van der Waals surface area contributed by atoms with E-state index in [1.165, 1.54) is 5.56 Å². The van der Waals surface area contributed by atoms with Crippen molar-refractivity contribution in [1.29, 1.82) is 0 Å². The van der Waals surface area contributed by atoms with Gasteiger partial charge in [-0.15, -0.1) is 0 Å². The van der Waals surface area contributed by atoms with Gasteiger partial charge < -0.3 is 14.5 Å². The van der Waals surface area contributed by atoms with Crippen LogP contribution in [0.25, 0.3) is 0 Å². The van der Waals surface area contributed by atoms with E-state index in [0.717, 1.165) is 70.7 Å². The summed E-state index contributed by atoms with van der Waals surface area (Å²) in [5.74, 6) is 2.07. The van der Waals surface area contributed by atoms with Crippen LogP contribution in [0.15, 0.2) is 24.3 Å². The molecule has 1 aromatic rings. The van der Waals surface area contributed by atoms with E-state index in [9.17, 15) is 9.59 Å². The molecular weight excluding hydrogens is 366 g/mol. The third kappa shape index (κ3) is 4.58. The molecule has 3 aliphatic heterocycles. The summed E-state index contributed by atoms with van der Waals surface area (Å²) in [5, 5.41) is 0. The highest BCUT2D eigenvalue weighted by molar-refractivity contribution is 5.78. The first kappa shape index (κ1) is 20.2. The second kappa shape index (κ2) is 9.16. The van der Waals surface area contributed by atoms with Gasteiger partial charge in [-0.25, -0.2) is 0 Å². The number of hydrogen-bond donors (Lipinski definition) is 0. The highest BCUT2D eigenvalue weighted by Gasteiger charge is 2.39. The van der Waals surface area contributed by atoms with E-state index in [1.807, 2.05) is 17.0 Å². The van der Waals surface area contributed by atoms with E-state index < -0.39 is 0 Å². The van der Waals surface area contributed by atoms with Gasteiger partial charge in [-0.05, 0) is 37.7 Å². The molecule has 1 aromatic carbocycles. The molecule has 29 heavy (non-hydrogen) atoms. The van der Waals surface area contributed by atoms with E-state index in [4.69, 9.17) is 4.74 Å². The van der Waals surface area contributed by atoms with Crippen LogP contribution in [0, 0.1) is 5.92 Å². The SMILES string of the molecule is COc1ccccc1CN1CC[C@H]2[C@H](CCC(=O)N2CCCN2CCCC2=O)C1. The molecule has 0 unspecified atom stereocenters. The number of likely N-dealkylation sites (tertiary alicyclic amines) is 3. The largest absolute Gasteiger partial charge is 0.496 e. The molecule has 6 heteroatoms. The van der Waals surface area contributed by atoms with Gasteiger partial charge in [0.25, 0.3) is 0 Å². The summed E-state index contributed by atoms with van der Waals surface area (Å²) in [6.45, 7) is 5.41. The van der Waals surface area contributed by atoms with Crippen LogP contribution in [0.5, 0.6) is 5.75 Å². The summed E-state index contributed by atoms with van der Waals surface area (Å²) >= 11 is 0. The Hall–Kier alpha value is -2.08. The van der Waals surface area contributed by atoms with Gasteiger partial charge in [-0.1, -0.05) is 18.2 Å². The average Bonchev–Trinajstić information content (AvgIpc) is 3.15. The quantitative estimate of drug-likeness (QED) is 0.707. The van der Waals surface area contributed by atoms with Gasteiger partial charge in [-0.3, -0.25) is 14.5 Å². The Morgan fingerprint density at radius 2 is 1.90 bits per heavy atom. The third-order valence-corrected chi connectivity index (χ3v) is 6.81. The molecule has 6 nitrogen and oxygen atoms in total. The standard InChI is InChI=1S/C23H33N3O3/c1-29-21-7-3-2-6-19(21)17-24-15-11-20-18(16-24)9-10-23(28)26(20)14-5-13-25-12-4-8-22(25)27/h2-3,6-7,18,20H,4-5,8-17H2,1H3/t18-,20+/m1/s1. The lowest BCUT2D eigenvalue weighted by Crippen LogP contribution is -2.56. The molecule has 3 fully saturated rings. The van der Waals surface area contributed by atoms with Gasteiger partial charge in [0.05, 0.1) is 7.11 Å². The topological polar surface area (TPSA) is 53.1 Å². The molecule has 0 radical (unpaired) electrons. The number of hydrogen-bond acceptors (Lipinski definition) is 4. The zero-order valence-corrected chi connectivity index (χ0v) is 17.5. The Kier molecular flexibility index (Phi) is 6.38. The molecule has 0 aliphatic carbocycles. The first-order chi connectivity index (χ1) is 14.2. The Bertz CT molecular complexity index is 738. The van der Waals surface area contributed by atoms with E-state index >= 15 is 0 Å². The van der Waals surface area contributed by atoms with Crippen LogP contribution >= 0.6 is 0 Å². The van der Waals surface area contributed by atoms with Crippen molar-refractivity contribution in [3.05, 3.63) is 29.8 Å². The minimum Gasteiger partial charge on any atom is -0.496 e. The maximum Gasteiger partial charge on any atom is 0.222 e. The number of methoxy groups -OCH3 is 1. The molecule has 3 aliphatic rings. The number of carbonyl (C=O) groups is 2. The maximum atomic E-state index is 12.6. The molecule has 3 heterocycles. The number of benzene rings is 1. The number of carbonyl (C=O) groups excluding carboxylic acids is 2. The Balaban J connectivity index is 1.32. The monoisotopic (exact) mass is 399 g/mol. The van der Waals surface area contributed by atoms with Crippen molar-refractivity contribution < 1.29 is 14.3 Å². The van der Waals surface area contributed by atoms with Crippen LogP contribution in [-0.2, 0) is 16.1 Å². The molecule has 0 aromatic heterocycles. The van der Waals surface area contributed by atoms with Crippen LogP contribution in [0.3, 0.4) is 0 Å². The molecule has 2 amide bonds. The first-order valence-electron chi connectivity index (χ1n) is 11.1. The van der Waals surface area contributed by atoms with Crippen molar-refractivity contribution in [3.8, 4) is 5.75 Å². The van der Waals surface area contributed by atoms with Crippen molar-refractivity contribution in [2.24, 2.45) is 5.92 Å². The van der Waals surface area contributed by atoms with Gasteiger partial charge in [0, 0.05) is 63.7 Å². The Morgan fingerprint density at radius 3 is 2.69 bits per heavy atom. The van der Waals surface area contributed by atoms with E-state index in [-0.39, 0.29) is 5.91 Å². The van der Waals surface area contributed by atoms with Gasteiger partial charge >= 0.3 is 0 Å². The predicted molar refractivity (Wildman–Crippen MR) is 112 cm³/mol. The first-order valence-corrected chi connectivity index (χ1v) is 11.1. The average molecular weight is 400 g/mol.